The molecule has 0 aromatic heterocycles. The standard InChI is InChI=1S/C15H21N3O2/c16-10-13-4-1-3-12(9-13)5-6-15(20)18-8-2-7-17-14(19)11-18/h1,3-4,9H,2,5-8,10-11,16H2,(H,17,19). The van der Waals surface area contributed by atoms with Gasteiger partial charge in [-0.05, 0) is 24.0 Å². The zero-order valence-electron chi connectivity index (χ0n) is 11.6. The Morgan fingerprint density at radius 1 is 1.35 bits per heavy atom. The van der Waals surface area contributed by atoms with Crippen molar-refractivity contribution < 1.29 is 9.59 Å². The quantitative estimate of drug-likeness (QED) is 0.836. The molecule has 0 unspecified atom stereocenters. The summed E-state index contributed by atoms with van der Waals surface area (Å²) in [6, 6.07) is 7.97. The fourth-order valence-corrected chi connectivity index (χ4v) is 2.34. The van der Waals surface area contributed by atoms with Crippen molar-refractivity contribution in [1.29, 1.82) is 0 Å². The maximum Gasteiger partial charge on any atom is 0.239 e. The van der Waals surface area contributed by atoms with Gasteiger partial charge in [0.25, 0.3) is 0 Å². The molecule has 1 saturated heterocycles. The van der Waals surface area contributed by atoms with E-state index in [-0.39, 0.29) is 18.4 Å². The van der Waals surface area contributed by atoms with Gasteiger partial charge >= 0.3 is 0 Å². The summed E-state index contributed by atoms with van der Waals surface area (Å²) >= 11 is 0. The molecular formula is C15H21N3O2. The van der Waals surface area contributed by atoms with Crippen LogP contribution in [0.2, 0.25) is 0 Å². The molecular weight excluding hydrogens is 254 g/mol. The largest absolute Gasteiger partial charge is 0.354 e. The van der Waals surface area contributed by atoms with Crippen LogP contribution >= 0.6 is 0 Å². The van der Waals surface area contributed by atoms with Crippen molar-refractivity contribution in [2.75, 3.05) is 19.6 Å². The second-order valence-corrected chi connectivity index (χ2v) is 5.04. The van der Waals surface area contributed by atoms with Gasteiger partial charge in [0.05, 0.1) is 6.54 Å². The first-order chi connectivity index (χ1) is 9.69. The molecule has 1 aromatic rings. The number of nitrogens with one attached hydrogen (secondary N) is 1. The SMILES string of the molecule is NCc1cccc(CCC(=O)N2CCCNC(=O)C2)c1. The van der Waals surface area contributed by atoms with E-state index in [1.807, 2.05) is 24.3 Å². The predicted molar refractivity (Wildman–Crippen MR) is 76.9 cm³/mol. The molecule has 0 spiro atoms. The van der Waals surface area contributed by atoms with Gasteiger partial charge in [-0.25, -0.2) is 0 Å². The minimum absolute atomic E-state index is 0.0419. The van der Waals surface area contributed by atoms with Crippen LogP contribution in [0.1, 0.15) is 24.0 Å². The van der Waals surface area contributed by atoms with Crippen molar-refractivity contribution >= 4 is 11.8 Å². The number of hydrogen-bond acceptors (Lipinski definition) is 3. The molecule has 3 N–H and O–H groups in total. The monoisotopic (exact) mass is 275 g/mol. The molecule has 1 heterocycles. The number of aryl methyl sites for hydroxylation is 1. The second kappa shape index (κ2) is 7.05. The third kappa shape index (κ3) is 4.06. The molecule has 108 valence electrons. The fraction of sp³-hybridized carbons (Fsp3) is 0.467. The number of rotatable bonds is 4. The highest BCUT2D eigenvalue weighted by molar-refractivity contribution is 5.85. The summed E-state index contributed by atoms with van der Waals surface area (Å²) in [6.45, 7) is 2.00. The zero-order valence-corrected chi connectivity index (χ0v) is 11.6. The van der Waals surface area contributed by atoms with Crippen molar-refractivity contribution in [2.45, 2.75) is 25.8 Å². The summed E-state index contributed by atoms with van der Waals surface area (Å²) in [5.41, 5.74) is 7.79. The summed E-state index contributed by atoms with van der Waals surface area (Å²) in [4.78, 5) is 25.2. The summed E-state index contributed by atoms with van der Waals surface area (Å²) in [5.74, 6) is -0.0267. The van der Waals surface area contributed by atoms with Gasteiger partial charge in [0.2, 0.25) is 11.8 Å². The summed E-state index contributed by atoms with van der Waals surface area (Å²) in [6.07, 6.45) is 1.94. The van der Waals surface area contributed by atoms with E-state index in [1.165, 1.54) is 0 Å². The average molecular weight is 275 g/mol. The highest BCUT2D eigenvalue weighted by atomic mass is 16.2. The van der Waals surface area contributed by atoms with E-state index < -0.39 is 0 Å². The molecule has 0 bridgehead atoms. The van der Waals surface area contributed by atoms with Crippen molar-refractivity contribution in [3.05, 3.63) is 35.4 Å². The summed E-state index contributed by atoms with van der Waals surface area (Å²) in [7, 11) is 0. The molecule has 1 aliphatic heterocycles. The van der Waals surface area contributed by atoms with Crippen LogP contribution in [-0.4, -0.2) is 36.3 Å². The lowest BCUT2D eigenvalue weighted by Crippen LogP contribution is -2.37. The van der Waals surface area contributed by atoms with E-state index in [2.05, 4.69) is 5.32 Å². The Kier molecular flexibility index (Phi) is 5.12. The minimum atomic E-state index is -0.0685. The lowest BCUT2D eigenvalue weighted by atomic mass is 10.1. The molecule has 5 nitrogen and oxygen atoms in total. The molecule has 2 rings (SSSR count). The van der Waals surface area contributed by atoms with Crippen LogP contribution in [-0.2, 0) is 22.6 Å². The molecule has 1 aromatic carbocycles. The van der Waals surface area contributed by atoms with Crippen LogP contribution < -0.4 is 11.1 Å². The van der Waals surface area contributed by atoms with Gasteiger partial charge in [0.15, 0.2) is 0 Å². The lowest BCUT2D eigenvalue weighted by molar-refractivity contribution is -0.135. The average Bonchev–Trinajstić information content (AvgIpc) is 2.69. The van der Waals surface area contributed by atoms with E-state index in [0.717, 1.165) is 17.5 Å². The topological polar surface area (TPSA) is 75.4 Å². The highest BCUT2D eigenvalue weighted by Crippen LogP contribution is 2.09. The van der Waals surface area contributed by atoms with Crippen molar-refractivity contribution in [3.8, 4) is 0 Å². The number of hydrogen-bond donors (Lipinski definition) is 2. The number of nitrogens with zero attached hydrogens (tertiary/aromatic N) is 1. The molecule has 0 saturated carbocycles. The lowest BCUT2D eigenvalue weighted by Gasteiger charge is -2.18. The molecule has 0 atom stereocenters. The number of nitrogens with two attached hydrogens (primary N) is 1. The van der Waals surface area contributed by atoms with Crippen LogP contribution in [0.5, 0.6) is 0 Å². The van der Waals surface area contributed by atoms with Crippen molar-refractivity contribution in [1.82, 2.24) is 10.2 Å². The fourth-order valence-electron chi connectivity index (χ4n) is 2.34. The number of amides is 2. The van der Waals surface area contributed by atoms with Gasteiger partial charge in [0.1, 0.15) is 0 Å². The normalized spacial score (nSPS) is 15.7. The van der Waals surface area contributed by atoms with Gasteiger partial charge in [-0.1, -0.05) is 24.3 Å². The third-order valence-electron chi connectivity index (χ3n) is 3.47. The minimum Gasteiger partial charge on any atom is -0.354 e. The van der Waals surface area contributed by atoms with E-state index in [0.29, 0.717) is 32.5 Å². The van der Waals surface area contributed by atoms with Gasteiger partial charge in [-0.3, -0.25) is 9.59 Å². The molecule has 0 aliphatic carbocycles. The van der Waals surface area contributed by atoms with E-state index in [9.17, 15) is 9.59 Å². The van der Waals surface area contributed by atoms with E-state index >= 15 is 0 Å². The first-order valence-electron chi connectivity index (χ1n) is 7.01. The van der Waals surface area contributed by atoms with Crippen molar-refractivity contribution in [2.24, 2.45) is 5.73 Å². The molecule has 2 amide bonds. The maximum absolute atomic E-state index is 12.1. The Morgan fingerprint density at radius 3 is 2.95 bits per heavy atom. The Labute approximate surface area is 119 Å². The highest BCUT2D eigenvalue weighted by Gasteiger charge is 2.19. The predicted octanol–water partition coefficient (Wildman–Crippen LogP) is 0.426. The zero-order chi connectivity index (χ0) is 14.4. The second-order valence-electron chi connectivity index (χ2n) is 5.04. The number of carbonyl (C=O) groups excluding carboxylic acids is 2. The first-order valence-corrected chi connectivity index (χ1v) is 7.01. The van der Waals surface area contributed by atoms with Crippen LogP contribution in [0.3, 0.4) is 0 Å². The summed E-state index contributed by atoms with van der Waals surface area (Å²) in [5, 5.41) is 2.77. The summed E-state index contributed by atoms with van der Waals surface area (Å²) < 4.78 is 0. The number of carbonyl (C=O) groups is 2. The van der Waals surface area contributed by atoms with Gasteiger partial charge in [-0.2, -0.15) is 0 Å². The first kappa shape index (κ1) is 14.5. The Morgan fingerprint density at radius 2 is 2.15 bits per heavy atom. The molecule has 1 aliphatic rings. The van der Waals surface area contributed by atoms with Gasteiger partial charge in [-0.15, -0.1) is 0 Å². The van der Waals surface area contributed by atoms with Crippen molar-refractivity contribution in [3.63, 3.8) is 0 Å². The van der Waals surface area contributed by atoms with E-state index in [1.54, 1.807) is 4.90 Å². The van der Waals surface area contributed by atoms with Gasteiger partial charge < -0.3 is 16.0 Å². The Hall–Kier alpha value is -1.88. The molecule has 5 heteroatoms. The number of benzene rings is 1. The smallest absolute Gasteiger partial charge is 0.239 e. The van der Waals surface area contributed by atoms with E-state index in [4.69, 9.17) is 5.73 Å². The Bertz CT molecular complexity index is 488. The van der Waals surface area contributed by atoms with Crippen LogP contribution in [0.25, 0.3) is 0 Å². The van der Waals surface area contributed by atoms with Crippen LogP contribution in [0.4, 0.5) is 0 Å². The third-order valence-corrected chi connectivity index (χ3v) is 3.47. The van der Waals surface area contributed by atoms with Gasteiger partial charge in [0, 0.05) is 26.1 Å². The molecule has 20 heavy (non-hydrogen) atoms. The van der Waals surface area contributed by atoms with Crippen LogP contribution in [0.15, 0.2) is 24.3 Å². The molecule has 1 fully saturated rings. The molecule has 0 radical (unpaired) electrons. The maximum atomic E-state index is 12.1. The van der Waals surface area contributed by atoms with Crippen LogP contribution in [0, 0.1) is 0 Å². The Balaban J connectivity index is 1.89.